The first-order chi connectivity index (χ1) is 9.08. The molecule has 1 atom stereocenters. The van der Waals surface area contributed by atoms with Gasteiger partial charge in [-0.15, -0.1) is 0 Å². The average molecular weight is 307 g/mol. The summed E-state index contributed by atoms with van der Waals surface area (Å²) in [6, 6.07) is 6.02. The predicted octanol–water partition coefficient (Wildman–Crippen LogP) is 3.51. The lowest BCUT2D eigenvalue weighted by Gasteiger charge is -2.17. The maximum absolute atomic E-state index is 12.0. The molecule has 1 aromatic rings. The smallest absolute Gasteiger partial charge is 0.422 e. The fraction of sp³-hybridized carbons (Fsp3) is 0.462. The van der Waals surface area contributed by atoms with E-state index in [-0.39, 0.29) is 5.75 Å². The summed E-state index contributed by atoms with van der Waals surface area (Å²) in [6.45, 7) is 4.00. The van der Waals surface area contributed by atoms with Crippen LogP contribution in [0.1, 0.15) is 26.3 Å². The van der Waals surface area contributed by atoms with Gasteiger partial charge in [-0.25, -0.2) is 0 Å². The number of benzene rings is 1. The maximum atomic E-state index is 12.0. The summed E-state index contributed by atoms with van der Waals surface area (Å²) >= 11 is -1.41. The van der Waals surface area contributed by atoms with Crippen LogP contribution in [0.3, 0.4) is 0 Å². The van der Waals surface area contributed by atoms with E-state index in [9.17, 15) is 17.7 Å². The van der Waals surface area contributed by atoms with Gasteiger partial charge in [0.05, 0.1) is 6.21 Å². The second kappa shape index (κ2) is 6.49. The first kappa shape index (κ1) is 16.8. The maximum Gasteiger partial charge on any atom is 0.422 e. The Morgan fingerprint density at radius 1 is 1.30 bits per heavy atom. The molecule has 1 rings (SSSR count). The van der Waals surface area contributed by atoms with Gasteiger partial charge < -0.3 is 9.29 Å². The van der Waals surface area contributed by atoms with E-state index in [4.69, 9.17) is 0 Å². The number of hydrogen-bond donors (Lipinski definition) is 0. The fourth-order valence-electron chi connectivity index (χ4n) is 1.12. The van der Waals surface area contributed by atoms with Gasteiger partial charge in [-0.1, -0.05) is 16.5 Å². The molecule has 0 N–H and O–H groups in total. The van der Waals surface area contributed by atoms with Crippen molar-refractivity contribution in [1.82, 2.24) is 0 Å². The van der Waals surface area contributed by atoms with E-state index in [0.717, 1.165) is 0 Å². The predicted molar refractivity (Wildman–Crippen MR) is 73.5 cm³/mol. The zero-order valence-corrected chi connectivity index (χ0v) is 12.2. The van der Waals surface area contributed by atoms with Crippen molar-refractivity contribution in [3.63, 3.8) is 0 Å². The zero-order valence-electron chi connectivity index (χ0n) is 11.4. The Bertz CT molecular complexity index is 469. The third-order valence-electron chi connectivity index (χ3n) is 2.08. The van der Waals surface area contributed by atoms with Gasteiger partial charge >= 0.3 is 6.18 Å². The topological polar surface area (TPSA) is 44.7 Å². The van der Waals surface area contributed by atoms with E-state index >= 15 is 0 Å². The summed E-state index contributed by atoms with van der Waals surface area (Å²) in [6.07, 6.45) is -3.01. The molecule has 0 saturated carbocycles. The molecule has 0 spiro atoms. The number of alkyl halides is 3. The number of hydrogen-bond acceptors (Lipinski definition) is 3. The molecule has 0 heterocycles. The van der Waals surface area contributed by atoms with Crippen LogP contribution in [-0.2, 0) is 11.4 Å². The minimum atomic E-state index is -4.38. The second-order valence-corrected chi connectivity index (χ2v) is 7.01. The van der Waals surface area contributed by atoms with Crippen molar-refractivity contribution < 1.29 is 22.5 Å². The van der Waals surface area contributed by atoms with Gasteiger partial charge in [-0.2, -0.15) is 13.2 Å². The molecule has 0 fully saturated rings. The van der Waals surface area contributed by atoms with Crippen LogP contribution in [0.4, 0.5) is 13.2 Å². The fourth-order valence-corrected chi connectivity index (χ4v) is 1.65. The van der Waals surface area contributed by atoms with Crippen molar-refractivity contribution in [2.45, 2.75) is 31.7 Å². The third kappa shape index (κ3) is 6.29. The molecule has 1 aromatic carbocycles. The van der Waals surface area contributed by atoms with Crippen LogP contribution in [0.2, 0.25) is 0 Å². The Morgan fingerprint density at radius 2 is 1.95 bits per heavy atom. The van der Waals surface area contributed by atoms with Crippen molar-refractivity contribution in [1.29, 1.82) is 0 Å². The monoisotopic (exact) mass is 307 g/mol. The van der Waals surface area contributed by atoms with E-state index in [0.29, 0.717) is 5.56 Å². The van der Waals surface area contributed by atoms with E-state index in [1.54, 1.807) is 32.9 Å². The summed E-state index contributed by atoms with van der Waals surface area (Å²) in [7, 11) is 0. The van der Waals surface area contributed by atoms with Gasteiger partial charge in [0.1, 0.15) is 21.9 Å². The zero-order chi connectivity index (χ0) is 15.4. The lowest BCUT2D eigenvalue weighted by Crippen LogP contribution is -2.25. The number of ether oxygens (including phenoxy) is 1. The van der Waals surface area contributed by atoms with Crippen LogP contribution in [0.25, 0.3) is 0 Å². The van der Waals surface area contributed by atoms with Crippen LogP contribution in [-0.4, -0.2) is 28.3 Å². The molecular weight excluding hydrogens is 291 g/mol. The second-order valence-electron chi connectivity index (χ2n) is 5.07. The normalized spacial score (nSPS) is 14.6. The van der Waals surface area contributed by atoms with Gasteiger partial charge in [0, 0.05) is 5.56 Å². The molecule has 0 aliphatic rings. The average Bonchev–Trinajstić information content (AvgIpc) is 2.32. The molecule has 3 nitrogen and oxygen atoms in total. The van der Waals surface area contributed by atoms with Crippen LogP contribution in [0.5, 0.6) is 5.75 Å². The minimum Gasteiger partial charge on any atom is -0.591 e. The molecule has 0 saturated heterocycles. The molecule has 112 valence electrons. The van der Waals surface area contributed by atoms with Gasteiger partial charge in [0.2, 0.25) is 0 Å². The standard InChI is InChI=1S/C13H16F3NO2S/c1-12(2,3)20(18)17-8-10-5-4-6-11(7-10)19-9-13(14,15)16/h4-8H,9H2,1-3H3/b17-8+. The Hall–Kier alpha value is -1.21. The first-order valence-electron chi connectivity index (χ1n) is 5.83. The molecule has 0 amide bonds. The molecule has 0 aliphatic carbocycles. The number of nitrogens with zero attached hydrogens (tertiary/aromatic N) is 1. The molecule has 0 bridgehead atoms. The molecular formula is C13H16F3NO2S. The highest BCUT2D eigenvalue weighted by Crippen LogP contribution is 2.20. The van der Waals surface area contributed by atoms with E-state index in [1.165, 1.54) is 18.3 Å². The highest BCUT2D eigenvalue weighted by Gasteiger charge is 2.28. The minimum absolute atomic E-state index is 0.0906. The van der Waals surface area contributed by atoms with Crippen molar-refractivity contribution in [3.8, 4) is 5.75 Å². The lowest BCUT2D eigenvalue weighted by atomic mass is 10.2. The Morgan fingerprint density at radius 3 is 2.50 bits per heavy atom. The van der Waals surface area contributed by atoms with Crippen LogP contribution in [0.15, 0.2) is 28.7 Å². The van der Waals surface area contributed by atoms with Crippen LogP contribution >= 0.6 is 0 Å². The van der Waals surface area contributed by atoms with Crippen molar-refractivity contribution in [3.05, 3.63) is 29.8 Å². The third-order valence-corrected chi connectivity index (χ3v) is 3.43. The molecule has 0 aliphatic heterocycles. The SMILES string of the molecule is CC(C)(C)[S+]([O-])/N=C/c1cccc(OCC(F)(F)F)c1. The number of halogens is 3. The van der Waals surface area contributed by atoms with Gasteiger partial charge in [0.25, 0.3) is 0 Å². The van der Waals surface area contributed by atoms with Gasteiger partial charge in [0.15, 0.2) is 6.61 Å². The highest BCUT2D eigenvalue weighted by atomic mass is 32.2. The summed E-state index contributed by atoms with van der Waals surface area (Å²) in [4.78, 5) is 0. The van der Waals surface area contributed by atoms with E-state index in [2.05, 4.69) is 9.13 Å². The molecule has 0 radical (unpaired) electrons. The summed E-state index contributed by atoms with van der Waals surface area (Å²) < 4.78 is 55.8. The molecule has 1 unspecified atom stereocenters. The van der Waals surface area contributed by atoms with Crippen LogP contribution in [0, 0.1) is 0 Å². The quantitative estimate of drug-likeness (QED) is 0.631. The Labute approximate surface area is 119 Å². The molecule has 0 aromatic heterocycles. The first-order valence-corrected chi connectivity index (χ1v) is 6.94. The van der Waals surface area contributed by atoms with Gasteiger partial charge in [-0.05, 0) is 32.9 Å². The van der Waals surface area contributed by atoms with E-state index in [1.807, 2.05) is 0 Å². The van der Waals surface area contributed by atoms with Crippen molar-refractivity contribution >= 4 is 17.6 Å². The Kier molecular flexibility index (Phi) is 5.47. The number of rotatable bonds is 4. The van der Waals surface area contributed by atoms with Crippen LogP contribution < -0.4 is 4.74 Å². The van der Waals surface area contributed by atoms with Crippen molar-refractivity contribution in [2.75, 3.05) is 6.61 Å². The lowest BCUT2D eigenvalue weighted by molar-refractivity contribution is -0.153. The van der Waals surface area contributed by atoms with Gasteiger partial charge in [-0.3, -0.25) is 0 Å². The molecule has 7 heteroatoms. The summed E-state index contributed by atoms with van der Waals surface area (Å²) in [5, 5.41) is 0. The molecule has 20 heavy (non-hydrogen) atoms. The van der Waals surface area contributed by atoms with Crippen molar-refractivity contribution in [2.24, 2.45) is 4.40 Å². The summed E-state index contributed by atoms with van der Waals surface area (Å²) in [5.41, 5.74) is 0.530. The Balaban J connectivity index is 2.71. The van der Waals surface area contributed by atoms with E-state index < -0.39 is 28.9 Å². The summed E-state index contributed by atoms with van der Waals surface area (Å²) in [5.74, 6) is 0.0906. The largest absolute Gasteiger partial charge is 0.591 e. The highest BCUT2D eigenvalue weighted by molar-refractivity contribution is 7.91.